The first kappa shape index (κ1) is 23.2. The maximum atomic E-state index is 13.3. The minimum absolute atomic E-state index is 0.227. The fraction of sp³-hybridized carbons (Fsp3) is 0.208. The Bertz CT molecular complexity index is 1260. The normalized spacial score (nSPS) is 13.9. The van der Waals surface area contributed by atoms with E-state index in [-0.39, 0.29) is 24.2 Å². The van der Waals surface area contributed by atoms with Gasteiger partial charge in [0.05, 0.1) is 11.1 Å². The van der Waals surface area contributed by atoms with Gasteiger partial charge < -0.3 is 9.80 Å². The van der Waals surface area contributed by atoms with Crippen LogP contribution in [0.5, 0.6) is 0 Å². The monoisotopic (exact) mass is 472 g/mol. The van der Waals surface area contributed by atoms with E-state index >= 15 is 0 Å². The molecule has 1 aliphatic heterocycles. The Morgan fingerprint density at radius 3 is 2.24 bits per heavy atom. The molecule has 5 nitrogen and oxygen atoms in total. The van der Waals surface area contributed by atoms with Gasteiger partial charge in [0.1, 0.15) is 5.69 Å². The third kappa shape index (κ3) is 5.14. The number of halogens is 5. The predicted molar refractivity (Wildman–Crippen MR) is 114 cm³/mol. The molecule has 1 amide bonds. The number of rotatable bonds is 2. The van der Waals surface area contributed by atoms with Crippen LogP contribution in [0.25, 0.3) is 0 Å². The van der Waals surface area contributed by atoms with Crippen LogP contribution in [0.2, 0.25) is 0 Å². The maximum absolute atomic E-state index is 13.3. The van der Waals surface area contributed by atoms with Crippen LogP contribution < -0.4 is 4.90 Å². The van der Waals surface area contributed by atoms with Crippen molar-refractivity contribution >= 4 is 11.7 Å². The molecule has 3 aromatic rings. The van der Waals surface area contributed by atoms with Crippen LogP contribution in [0, 0.1) is 23.5 Å². The summed E-state index contributed by atoms with van der Waals surface area (Å²) in [5, 5.41) is 8.12. The molecular formula is C24H17F5N4O. The Morgan fingerprint density at radius 1 is 0.853 bits per heavy atom. The highest BCUT2D eigenvalue weighted by Crippen LogP contribution is 2.32. The number of alkyl halides is 3. The van der Waals surface area contributed by atoms with Gasteiger partial charge in [-0.25, -0.2) is 8.78 Å². The van der Waals surface area contributed by atoms with Crippen LogP contribution in [-0.4, -0.2) is 47.2 Å². The second-order valence-corrected chi connectivity index (χ2v) is 7.48. The largest absolute Gasteiger partial charge is 0.417 e. The molecule has 0 atom stereocenters. The zero-order valence-electron chi connectivity index (χ0n) is 17.6. The van der Waals surface area contributed by atoms with E-state index in [1.807, 2.05) is 4.90 Å². The third-order valence-corrected chi connectivity index (χ3v) is 5.26. The van der Waals surface area contributed by atoms with E-state index in [1.54, 1.807) is 12.1 Å². The summed E-state index contributed by atoms with van der Waals surface area (Å²) in [6.45, 7) is 1.19. The molecule has 0 N–H and O–H groups in total. The summed E-state index contributed by atoms with van der Waals surface area (Å²) in [6, 6.07) is 11.4. The molecule has 34 heavy (non-hydrogen) atoms. The van der Waals surface area contributed by atoms with Crippen LogP contribution in [0.3, 0.4) is 0 Å². The Kier molecular flexibility index (Phi) is 6.45. The Balaban J connectivity index is 1.39. The van der Waals surface area contributed by atoms with Gasteiger partial charge in [0.2, 0.25) is 0 Å². The first-order valence-electron chi connectivity index (χ1n) is 10.2. The fourth-order valence-corrected chi connectivity index (χ4v) is 3.50. The molecule has 174 valence electrons. The van der Waals surface area contributed by atoms with Crippen molar-refractivity contribution in [1.82, 2.24) is 15.1 Å². The molecule has 1 aromatic heterocycles. The van der Waals surface area contributed by atoms with Gasteiger partial charge in [-0.3, -0.25) is 4.79 Å². The van der Waals surface area contributed by atoms with Crippen LogP contribution in [-0.2, 0) is 6.18 Å². The van der Waals surface area contributed by atoms with E-state index in [2.05, 4.69) is 22.0 Å². The molecule has 4 rings (SSSR count). The van der Waals surface area contributed by atoms with E-state index < -0.39 is 29.3 Å². The quantitative estimate of drug-likeness (QED) is 0.416. The van der Waals surface area contributed by atoms with Crippen molar-refractivity contribution in [3.63, 3.8) is 0 Å². The summed E-state index contributed by atoms with van der Waals surface area (Å²) < 4.78 is 66.0. The molecule has 0 radical (unpaired) electrons. The van der Waals surface area contributed by atoms with Gasteiger partial charge in [0, 0.05) is 31.7 Å². The lowest BCUT2D eigenvalue weighted by molar-refractivity contribution is -0.138. The van der Waals surface area contributed by atoms with Gasteiger partial charge in [-0.2, -0.15) is 13.2 Å². The van der Waals surface area contributed by atoms with Gasteiger partial charge in [-0.1, -0.05) is 18.1 Å². The standard InChI is InChI=1S/C24H17F5N4O/c25-20-9-6-16(15-21(20)26)5-7-17-8-10-22(31-30-17)32-11-13-33(14-12-32)23(34)18-3-1-2-4-19(18)24(27,28)29/h1-4,6,8-10,15H,11-14H2. The second-order valence-electron chi connectivity index (χ2n) is 7.48. The van der Waals surface area contributed by atoms with Gasteiger partial charge >= 0.3 is 6.18 Å². The summed E-state index contributed by atoms with van der Waals surface area (Å²) in [5.41, 5.74) is -0.704. The topological polar surface area (TPSA) is 49.3 Å². The summed E-state index contributed by atoms with van der Waals surface area (Å²) >= 11 is 0. The van der Waals surface area contributed by atoms with E-state index in [0.717, 1.165) is 18.2 Å². The Labute approximate surface area is 191 Å². The number of nitrogens with zero attached hydrogens (tertiary/aromatic N) is 4. The number of amides is 1. The smallest absolute Gasteiger partial charge is 0.352 e. The lowest BCUT2D eigenvalue weighted by Crippen LogP contribution is -2.49. The molecule has 1 saturated heterocycles. The highest BCUT2D eigenvalue weighted by molar-refractivity contribution is 5.96. The number of piperazine rings is 1. The molecule has 0 unspecified atom stereocenters. The summed E-state index contributed by atoms with van der Waals surface area (Å²) in [4.78, 5) is 15.9. The molecule has 2 heterocycles. The van der Waals surface area contributed by atoms with E-state index in [1.165, 1.54) is 29.2 Å². The van der Waals surface area contributed by atoms with Crippen LogP contribution >= 0.6 is 0 Å². The number of anilines is 1. The van der Waals surface area contributed by atoms with Crippen molar-refractivity contribution in [2.24, 2.45) is 0 Å². The predicted octanol–water partition coefficient (Wildman–Crippen LogP) is 4.14. The molecule has 0 saturated carbocycles. The summed E-state index contributed by atoms with van der Waals surface area (Å²) in [7, 11) is 0. The molecule has 1 aliphatic rings. The van der Waals surface area contributed by atoms with Crippen LogP contribution in [0.4, 0.5) is 27.8 Å². The van der Waals surface area contributed by atoms with Crippen molar-refractivity contribution in [3.8, 4) is 11.8 Å². The van der Waals surface area contributed by atoms with Gasteiger partial charge in [0.15, 0.2) is 17.5 Å². The minimum Gasteiger partial charge on any atom is -0.352 e. The average molecular weight is 472 g/mol. The molecule has 10 heteroatoms. The number of carbonyl (C=O) groups excluding carboxylic acids is 1. The lowest BCUT2D eigenvalue weighted by atomic mass is 10.1. The van der Waals surface area contributed by atoms with Crippen molar-refractivity contribution < 1.29 is 26.7 Å². The molecule has 2 aromatic carbocycles. The summed E-state index contributed by atoms with van der Waals surface area (Å²) in [5.74, 6) is 3.31. The van der Waals surface area contributed by atoms with Gasteiger partial charge in [-0.15, -0.1) is 10.2 Å². The SMILES string of the molecule is O=C(c1ccccc1C(F)(F)F)N1CCN(c2ccc(C#Cc3ccc(F)c(F)c3)nn2)CC1. The van der Waals surface area contributed by atoms with Gasteiger partial charge in [-0.05, 0) is 48.4 Å². The number of aromatic nitrogens is 2. The van der Waals surface area contributed by atoms with Crippen LogP contribution in [0.15, 0.2) is 54.6 Å². The maximum Gasteiger partial charge on any atom is 0.417 e. The first-order valence-corrected chi connectivity index (χ1v) is 10.2. The third-order valence-electron chi connectivity index (χ3n) is 5.26. The second kappa shape index (κ2) is 9.47. The van der Waals surface area contributed by atoms with E-state index in [4.69, 9.17) is 0 Å². The molecular weight excluding hydrogens is 455 g/mol. The van der Waals surface area contributed by atoms with Crippen molar-refractivity contribution in [2.75, 3.05) is 31.1 Å². The van der Waals surface area contributed by atoms with Crippen molar-refractivity contribution in [2.45, 2.75) is 6.18 Å². The van der Waals surface area contributed by atoms with E-state index in [0.29, 0.717) is 24.6 Å². The number of hydrogen-bond donors (Lipinski definition) is 0. The highest BCUT2D eigenvalue weighted by Gasteiger charge is 2.36. The van der Waals surface area contributed by atoms with Gasteiger partial charge in [0.25, 0.3) is 5.91 Å². The molecule has 0 spiro atoms. The Hall–Kier alpha value is -4.00. The van der Waals surface area contributed by atoms with Crippen molar-refractivity contribution in [3.05, 3.63) is 88.6 Å². The fourth-order valence-electron chi connectivity index (χ4n) is 3.50. The highest BCUT2D eigenvalue weighted by atomic mass is 19.4. The lowest BCUT2D eigenvalue weighted by Gasteiger charge is -2.35. The van der Waals surface area contributed by atoms with E-state index in [9.17, 15) is 26.7 Å². The molecule has 0 bridgehead atoms. The minimum atomic E-state index is -4.61. The molecule has 0 aliphatic carbocycles. The average Bonchev–Trinajstić information content (AvgIpc) is 2.84. The number of hydrogen-bond acceptors (Lipinski definition) is 4. The first-order chi connectivity index (χ1) is 16.2. The van der Waals surface area contributed by atoms with Crippen LogP contribution in [0.1, 0.15) is 27.2 Å². The number of benzene rings is 2. The summed E-state index contributed by atoms with van der Waals surface area (Å²) in [6.07, 6.45) is -4.61. The van der Waals surface area contributed by atoms with Crippen molar-refractivity contribution in [1.29, 1.82) is 0 Å². The zero-order valence-corrected chi connectivity index (χ0v) is 17.6. The molecule has 1 fully saturated rings. The zero-order chi connectivity index (χ0) is 24.3. The number of carbonyl (C=O) groups is 1. The Morgan fingerprint density at radius 2 is 1.59 bits per heavy atom.